The van der Waals surface area contributed by atoms with Crippen LogP contribution in [0.4, 0.5) is 0 Å². The summed E-state index contributed by atoms with van der Waals surface area (Å²) in [6.45, 7) is 2.22. The van der Waals surface area contributed by atoms with Crippen LogP contribution in [0.1, 0.15) is 62.5 Å². The van der Waals surface area contributed by atoms with E-state index >= 15 is 0 Å². The first-order valence-corrected chi connectivity index (χ1v) is 11.4. The van der Waals surface area contributed by atoms with Gasteiger partial charge in [-0.2, -0.15) is 13.6 Å². The van der Waals surface area contributed by atoms with Crippen molar-refractivity contribution in [2.24, 2.45) is 22.4 Å². The zero-order valence-electron chi connectivity index (χ0n) is 16.0. The molecule has 0 aromatic heterocycles. The van der Waals surface area contributed by atoms with E-state index in [1.54, 1.807) is 6.07 Å². The molecule has 4 rings (SSSR count). The maximum Gasteiger partial charge on any atom is 0.380 e. The summed E-state index contributed by atoms with van der Waals surface area (Å²) in [5.74, 6) is 2.13. The average molecular weight is 396 g/mol. The van der Waals surface area contributed by atoms with Crippen LogP contribution in [0.25, 0.3) is 0 Å². The molecule has 3 unspecified atom stereocenters. The predicted molar refractivity (Wildman–Crippen MR) is 102 cm³/mol. The van der Waals surface area contributed by atoms with Crippen molar-refractivity contribution in [3.8, 4) is 11.5 Å². The molecule has 3 aliphatic carbocycles. The summed E-state index contributed by atoms with van der Waals surface area (Å²) in [4.78, 5) is 0. The van der Waals surface area contributed by atoms with Crippen LogP contribution >= 0.6 is 0 Å². The van der Waals surface area contributed by atoms with Crippen LogP contribution in [0, 0.1) is 17.3 Å². The van der Waals surface area contributed by atoms with Crippen LogP contribution in [-0.2, 0) is 16.7 Å². The van der Waals surface area contributed by atoms with Crippen LogP contribution in [-0.4, -0.2) is 26.7 Å². The van der Waals surface area contributed by atoms with Crippen molar-refractivity contribution >= 4 is 10.3 Å². The highest BCUT2D eigenvalue weighted by Gasteiger charge is 2.56. The Hall–Kier alpha value is -1.31. The number of methoxy groups -OCH3 is 1. The minimum Gasteiger partial charge on any atom is -0.493 e. The van der Waals surface area contributed by atoms with Gasteiger partial charge in [0, 0.05) is 0 Å². The number of hydrogen-bond acceptors (Lipinski definition) is 5. The number of hydrogen-bond donors (Lipinski definition) is 2. The first kappa shape index (κ1) is 19.0. The third kappa shape index (κ3) is 3.04. The van der Waals surface area contributed by atoms with Gasteiger partial charge in [-0.25, -0.2) is 0 Å². The van der Waals surface area contributed by atoms with Gasteiger partial charge in [-0.15, -0.1) is 0 Å². The quantitative estimate of drug-likeness (QED) is 0.817. The average Bonchev–Trinajstić information content (AvgIpc) is 2.96. The molecule has 0 aliphatic heterocycles. The molecule has 0 amide bonds. The normalized spacial score (nSPS) is 35.1. The summed E-state index contributed by atoms with van der Waals surface area (Å²) < 4.78 is 33.1. The van der Waals surface area contributed by atoms with Crippen molar-refractivity contribution in [3.05, 3.63) is 23.3 Å². The van der Waals surface area contributed by atoms with Crippen LogP contribution in [0.2, 0.25) is 0 Å². The molecule has 6 nitrogen and oxygen atoms in total. The minimum absolute atomic E-state index is 0.0828. The van der Waals surface area contributed by atoms with Crippen molar-refractivity contribution in [2.45, 2.75) is 63.9 Å². The molecule has 2 fully saturated rings. The molecular weight excluding hydrogens is 366 g/mol. The lowest BCUT2D eigenvalue weighted by Crippen LogP contribution is -2.45. The third-order valence-electron chi connectivity index (χ3n) is 7.54. The Kier molecular flexibility index (Phi) is 4.68. The Bertz CT molecular complexity index is 839. The monoisotopic (exact) mass is 395 g/mol. The van der Waals surface area contributed by atoms with Crippen molar-refractivity contribution in [1.82, 2.24) is 0 Å². The minimum atomic E-state index is -4.10. The van der Waals surface area contributed by atoms with Crippen molar-refractivity contribution in [3.63, 3.8) is 0 Å². The van der Waals surface area contributed by atoms with Gasteiger partial charge in [-0.3, -0.25) is 0 Å². The van der Waals surface area contributed by atoms with Gasteiger partial charge in [0.25, 0.3) is 0 Å². The Balaban J connectivity index is 1.70. The Morgan fingerprint density at radius 2 is 2.00 bits per heavy atom. The van der Waals surface area contributed by atoms with E-state index in [4.69, 9.17) is 14.1 Å². The first-order chi connectivity index (χ1) is 12.8. The lowest BCUT2D eigenvalue weighted by Gasteiger charge is -2.51. The van der Waals surface area contributed by atoms with E-state index in [9.17, 15) is 13.5 Å². The molecule has 3 N–H and O–H groups in total. The summed E-state index contributed by atoms with van der Waals surface area (Å²) in [5.41, 5.74) is 2.45. The second-order valence-electron chi connectivity index (χ2n) is 8.41. The Labute approximate surface area is 161 Å². The topological polar surface area (TPSA) is 98.9 Å². The van der Waals surface area contributed by atoms with Crippen molar-refractivity contribution in [1.29, 1.82) is 0 Å². The number of rotatable bonds is 4. The summed E-state index contributed by atoms with van der Waals surface area (Å²) >= 11 is 0. The number of ether oxygens (including phenoxy) is 1. The predicted octanol–water partition coefficient (Wildman–Crippen LogP) is 2.88. The fourth-order valence-electron chi connectivity index (χ4n) is 6.39. The molecule has 3 aliphatic rings. The van der Waals surface area contributed by atoms with Crippen LogP contribution in [0.5, 0.6) is 11.5 Å². The van der Waals surface area contributed by atoms with Gasteiger partial charge in [0.05, 0.1) is 13.2 Å². The summed E-state index contributed by atoms with van der Waals surface area (Å²) in [6, 6.07) is 3.72. The summed E-state index contributed by atoms with van der Waals surface area (Å²) in [6.07, 6.45) is 6.94. The van der Waals surface area contributed by atoms with E-state index in [-0.39, 0.29) is 17.3 Å². The highest BCUT2D eigenvalue weighted by Crippen LogP contribution is 2.62. The van der Waals surface area contributed by atoms with E-state index in [2.05, 4.69) is 6.92 Å². The molecule has 0 bridgehead atoms. The van der Waals surface area contributed by atoms with E-state index < -0.39 is 10.3 Å². The van der Waals surface area contributed by atoms with Crippen molar-refractivity contribution < 1.29 is 22.4 Å². The lowest BCUT2D eigenvalue weighted by molar-refractivity contribution is -0.0394. The molecule has 27 heavy (non-hydrogen) atoms. The Morgan fingerprint density at radius 1 is 1.22 bits per heavy atom. The fourth-order valence-corrected chi connectivity index (χ4v) is 6.77. The highest BCUT2D eigenvalue weighted by molar-refractivity contribution is 7.84. The van der Waals surface area contributed by atoms with Crippen LogP contribution in [0.3, 0.4) is 0 Å². The largest absolute Gasteiger partial charge is 0.493 e. The molecule has 0 spiro atoms. The van der Waals surface area contributed by atoms with Crippen LogP contribution < -0.4 is 14.1 Å². The molecule has 5 atom stereocenters. The zero-order chi connectivity index (χ0) is 19.4. The van der Waals surface area contributed by atoms with Gasteiger partial charge < -0.3 is 14.0 Å². The van der Waals surface area contributed by atoms with Crippen molar-refractivity contribution in [2.75, 3.05) is 7.11 Å². The molecule has 1 aromatic carbocycles. The number of fused-ring (bicyclic) bond motifs is 5. The first-order valence-electron chi connectivity index (χ1n) is 9.90. The van der Waals surface area contributed by atoms with E-state index in [0.717, 1.165) is 50.5 Å². The maximum atomic E-state index is 11.4. The molecular formula is C20H29NO5S. The second kappa shape index (κ2) is 6.64. The number of aryl methyl sites for hydroxylation is 1. The third-order valence-corrected chi connectivity index (χ3v) is 7.96. The lowest BCUT2D eigenvalue weighted by atomic mass is 9.54. The molecule has 0 heterocycles. The molecule has 1 aromatic rings. The number of aliphatic hydroxyl groups is 1. The molecule has 0 saturated heterocycles. The zero-order valence-corrected chi connectivity index (χ0v) is 16.8. The molecule has 0 radical (unpaired) electrons. The summed E-state index contributed by atoms with van der Waals surface area (Å²) in [7, 11) is -2.59. The number of aliphatic hydroxyl groups excluding tert-OH is 1. The number of nitrogens with two attached hydrogens (primary N) is 1. The van der Waals surface area contributed by atoms with Gasteiger partial charge in [0.15, 0.2) is 11.5 Å². The van der Waals surface area contributed by atoms with E-state index in [1.807, 2.05) is 6.07 Å². The van der Waals surface area contributed by atoms with Gasteiger partial charge in [-0.1, -0.05) is 6.92 Å². The Morgan fingerprint density at radius 3 is 2.67 bits per heavy atom. The van der Waals surface area contributed by atoms with Crippen LogP contribution in [0.15, 0.2) is 12.1 Å². The van der Waals surface area contributed by atoms with Gasteiger partial charge in [0.2, 0.25) is 0 Å². The second-order valence-corrected chi connectivity index (χ2v) is 9.56. The van der Waals surface area contributed by atoms with E-state index in [1.165, 1.54) is 12.7 Å². The molecule has 7 heteroatoms. The fraction of sp³-hybridized carbons (Fsp3) is 0.700. The van der Waals surface area contributed by atoms with E-state index in [0.29, 0.717) is 23.5 Å². The SMILES string of the molecule is CC[C@]12CCC3c4cc(OC)c(OS(N)(=O)=O)cc4CCC3C1CC[C@@H]2O. The van der Waals surface area contributed by atoms with Gasteiger partial charge in [0.1, 0.15) is 0 Å². The molecule has 150 valence electrons. The summed E-state index contributed by atoms with van der Waals surface area (Å²) in [5, 5.41) is 15.7. The molecule has 2 saturated carbocycles. The maximum absolute atomic E-state index is 11.4. The van der Waals surface area contributed by atoms with Gasteiger partial charge in [-0.05, 0) is 91.4 Å². The number of benzene rings is 1. The smallest absolute Gasteiger partial charge is 0.380 e. The highest BCUT2D eigenvalue weighted by atomic mass is 32.2. The van der Waals surface area contributed by atoms with Gasteiger partial charge >= 0.3 is 10.3 Å². The standard InChI is InChI=1S/C20H29NO5S/c1-3-20-9-8-13-14(16(20)6-7-19(20)22)5-4-12-10-18(26-27(21,23)24)17(25-2)11-15(12)13/h10-11,13-14,16,19,22H,3-9H2,1-2H3,(H2,21,23,24)/t13?,14?,16?,19-,20-/m0/s1.